The van der Waals surface area contributed by atoms with E-state index in [0.717, 1.165) is 21.8 Å². The van der Waals surface area contributed by atoms with Gasteiger partial charge in [0.1, 0.15) is 5.52 Å². The molecule has 1 heterocycles. The van der Waals surface area contributed by atoms with Gasteiger partial charge in [-0.25, -0.2) is 4.98 Å². The largest absolute Gasteiger partial charge is 0.305 e. The molecule has 0 N–H and O–H groups in total. The van der Waals surface area contributed by atoms with Crippen LogP contribution in [0.4, 0.5) is 0 Å². The number of benzene rings is 1. The fourth-order valence-electron chi connectivity index (χ4n) is 1.39. The van der Waals surface area contributed by atoms with Crippen LogP contribution in [-0.2, 0) is 6.54 Å². The summed E-state index contributed by atoms with van der Waals surface area (Å²) in [5, 5.41) is 0.719. The van der Waals surface area contributed by atoms with Gasteiger partial charge in [-0.2, -0.15) is 0 Å². The van der Waals surface area contributed by atoms with Crippen molar-refractivity contribution in [2.75, 3.05) is 14.1 Å². The van der Waals surface area contributed by atoms with Gasteiger partial charge in [0.05, 0.1) is 9.72 Å². The topological polar surface area (TPSA) is 16.1 Å². The molecule has 0 atom stereocenters. The third kappa shape index (κ3) is 1.90. The van der Waals surface area contributed by atoms with E-state index in [9.17, 15) is 0 Å². The summed E-state index contributed by atoms with van der Waals surface area (Å²) in [6.45, 7) is 0.896. The summed E-state index contributed by atoms with van der Waals surface area (Å²) >= 11 is 7.60. The molecule has 2 rings (SSSR count). The molecule has 0 aliphatic heterocycles. The van der Waals surface area contributed by atoms with E-state index >= 15 is 0 Å². The smallest absolute Gasteiger partial charge is 0.153 e. The molecule has 0 unspecified atom stereocenters. The minimum atomic E-state index is 0.719. The molecule has 0 aliphatic rings. The zero-order chi connectivity index (χ0) is 10.1. The first kappa shape index (κ1) is 9.90. The number of fused-ring (bicyclic) bond motifs is 1. The third-order valence-corrected chi connectivity index (χ3v) is 2.90. The molecule has 0 amide bonds. The molecule has 4 heteroatoms. The van der Waals surface area contributed by atoms with E-state index in [-0.39, 0.29) is 0 Å². The molecular formula is C10H10ClN2S. The molecule has 1 aromatic carbocycles. The zero-order valence-electron chi connectivity index (χ0n) is 8.04. The number of aromatic nitrogens is 1. The lowest BCUT2D eigenvalue weighted by molar-refractivity contribution is 0.403. The minimum Gasteiger partial charge on any atom is -0.305 e. The lowest BCUT2D eigenvalue weighted by Crippen LogP contribution is -2.10. The number of halogens is 1. The Hall–Kier alpha value is -0.640. The maximum absolute atomic E-state index is 6.09. The van der Waals surface area contributed by atoms with Crippen molar-refractivity contribution in [3.05, 3.63) is 28.2 Å². The fourth-order valence-corrected chi connectivity index (χ4v) is 2.43. The van der Waals surface area contributed by atoms with Crippen molar-refractivity contribution in [3.63, 3.8) is 0 Å². The summed E-state index contributed by atoms with van der Waals surface area (Å²) in [5.41, 5.74) is 4.93. The number of nitrogens with zero attached hydrogens (tertiary/aromatic N) is 2. The van der Waals surface area contributed by atoms with E-state index in [2.05, 4.69) is 21.5 Å². The van der Waals surface area contributed by atoms with E-state index < -0.39 is 0 Å². The van der Waals surface area contributed by atoms with Gasteiger partial charge in [0, 0.05) is 6.54 Å². The lowest BCUT2D eigenvalue weighted by atomic mass is 10.2. The van der Waals surface area contributed by atoms with Crippen LogP contribution in [-0.4, -0.2) is 24.0 Å². The minimum absolute atomic E-state index is 0.719. The van der Waals surface area contributed by atoms with Gasteiger partial charge in [-0.3, -0.25) is 0 Å². The van der Waals surface area contributed by atoms with E-state index in [1.54, 1.807) is 0 Å². The van der Waals surface area contributed by atoms with E-state index in [1.165, 1.54) is 16.9 Å². The Kier molecular flexibility index (Phi) is 2.72. The Morgan fingerprint density at radius 3 is 3.00 bits per heavy atom. The Morgan fingerprint density at radius 1 is 1.50 bits per heavy atom. The summed E-state index contributed by atoms with van der Waals surface area (Å²) in [4.78, 5) is 6.20. The van der Waals surface area contributed by atoms with Crippen molar-refractivity contribution >= 4 is 33.2 Å². The second-order valence-electron chi connectivity index (χ2n) is 3.47. The van der Waals surface area contributed by atoms with Crippen LogP contribution in [0.25, 0.3) is 10.2 Å². The lowest BCUT2D eigenvalue weighted by Gasteiger charge is -2.09. The molecule has 73 valence electrons. The Morgan fingerprint density at radius 2 is 2.29 bits per heavy atom. The van der Waals surface area contributed by atoms with Gasteiger partial charge in [-0.05, 0) is 31.8 Å². The SMILES string of the molecule is CN(C)Cc1cc(Cl)c2n[c]sc2c1. The number of rotatable bonds is 2. The first-order chi connectivity index (χ1) is 6.66. The Labute approximate surface area is 92.1 Å². The van der Waals surface area contributed by atoms with Crippen LogP contribution in [0.15, 0.2) is 12.1 Å². The number of hydrogen-bond donors (Lipinski definition) is 0. The average Bonchev–Trinajstić information content (AvgIpc) is 2.50. The van der Waals surface area contributed by atoms with E-state index in [1.807, 2.05) is 20.2 Å². The van der Waals surface area contributed by atoms with Gasteiger partial charge >= 0.3 is 0 Å². The van der Waals surface area contributed by atoms with E-state index in [4.69, 9.17) is 11.6 Å². The van der Waals surface area contributed by atoms with E-state index in [0.29, 0.717) is 0 Å². The molecule has 0 spiro atoms. The summed E-state index contributed by atoms with van der Waals surface area (Å²) < 4.78 is 1.11. The summed E-state index contributed by atoms with van der Waals surface area (Å²) in [6, 6.07) is 4.09. The van der Waals surface area contributed by atoms with Gasteiger partial charge in [0.2, 0.25) is 0 Å². The maximum Gasteiger partial charge on any atom is 0.153 e. The van der Waals surface area contributed by atoms with Crippen molar-refractivity contribution in [1.82, 2.24) is 9.88 Å². The Balaban J connectivity index is 2.47. The molecule has 0 fully saturated rings. The van der Waals surface area contributed by atoms with Crippen molar-refractivity contribution in [1.29, 1.82) is 0 Å². The molecule has 0 bridgehead atoms. The van der Waals surface area contributed by atoms with Crippen molar-refractivity contribution in [3.8, 4) is 0 Å². The van der Waals surface area contributed by atoms with Gasteiger partial charge in [-0.15, -0.1) is 11.3 Å². The fraction of sp³-hybridized carbons (Fsp3) is 0.300. The maximum atomic E-state index is 6.09. The predicted molar refractivity (Wildman–Crippen MR) is 60.9 cm³/mol. The molecule has 0 aliphatic carbocycles. The summed E-state index contributed by atoms with van der Waals surface area (Å²) in [5.74, 6) is 0. The zero-order valence-corrected chi connectivity index (χ0v) is 9.61. The normalized spacial score (nSPS) is 11.4. The molecule has 2 nitrogen and oxygen atoms in total. The molecule has 1 aromatic heterocycles. The highest BCUT2D eigenvalue weighted by molar-refractivity contribution is 7.16. The van der Waals surface area contributed by atoms with Crippen molar-refractivity contribution in [2.45, 2.75) is 6.54 Å². The van der Waals surface area contributed by atoms with Crippen LogP contribution in [0.2, 0.25) is 5.02 Å². The van der Waals surface area contributed by atoms with Crippen LogP contribution >= 0.6 is 22.9 Å². The molecule has 0 saturated heterocycles. The van der Waals surface area contributed by atoms with Crippen LogP contribution in [0.1, 0.15) is 5.56 Å². The van der Waals surface area contributed by atoms with Gasteiger partial charge < -0.3 is 4.90 Å². The van der Waals surface area contributed by atoms with Crippen LogP contribution in [0, 0.1) is 5.51 Å². The third-order valence-electron chi connectivity index (χ3n) is 1.90. The highest BCUT2D eigenvalue weighted by Crippen LogP contribution is 2.27. The average molecular weight is 226 g/mol. The molecule has 1 radical (unpaired) electrons. The molecule has 2 aromatic rings. The summed E-state index contributed by atoms with van der Waals surface area (Å²) in [6.07, 6.45) is 0. The summed E-state index contributed by atoms with van der Waals surface area (Å²) in [7, 11) is 4.08. The molecule has 0 saturated carbocycles. The van der Waals surface area contributed by atoms with Gasteiger partial charge in [0.15, 0.2) is 5.51 Å². The predicted octanol–water partition coefficient (Wildman–Crippen LogP) is 2.81. The second-order valence-corrected chi connectivity index (χ2v) is 4.70. The highest BCUT2D eigenvalue weighted by atomic mass is 35.5. The Bertz CT molecular complexity index is 450. The first-order valence-corrected chi connectivity index (χ1v) is 5.46. The second kappa shape index (κ2) is 3.85. The van der Waals surface area contributed by atoms with Crippen LogP contribution in [0.5, 0.6) is 0 Å². The molecule has 14 heavy (non-hydrogen) atoms. The number of thiazole rings is 1. The quantitative estimate of drug-likeness (QED) is 0.782. The first-order valence-electron chi connectivity index (χ1n) is 4.26. The standard InChI is InChI=1S/C10H10ClN2S/c1-13(2)5-7-3-8(11)10-9(4-7)14-6-12-10/h3-4H,5H2,1-2H3. The van der Waals surface area contributed by atoms with Gasteiger partial charge in [-0.1, -0.05) is 11.6 Å². The highest BCUT2D eigenvalue weighted by Gasteiger charge is 2.05. The molecular weight excluding hydrogens is 216 g/mol. The van der Waals surface area contributed by atoms with Crippen LogP contribution in [0.3, 0.4) is 0 Å². The van der Waals surface area contributed by atoms with Crippen molar-refractivity contribution in [2.24, 2.45) is 0 Å². The monoisotopic (exact) mass is 225 g/mol. The van der Waals surface area contributed by atoms with Gasteiger partial charge in [0.25, 0.3) is 0 Å². The van der Waals surface area contributed by atoms with Crippen molar-refractivity contribution < 1.29 is 0 Å². The van der Waals surface area contributed by atoms with Crippen LogP contribution < -0.4 is 0 Å². The number of hydrogen-bond acceptors (Lipinski definition) is 3.